The van der Waals surface area contributed by atoms with E-state index in [1.165, 1.54) is 17.8 Å². The number of carbonyl (C=O) groups excluding carboxylic acids is 1. The molecule has 0 radical (unpaired) electrons. The van der Waals surface area contributed by atoms with E-state index in [9.17, 15) is 14.9 Å². The van der Waals surface area contributed by atoms with Gasteiger partial charge in [-0.3, -0.25) is 19.5 Å². The summed E-state index contributed by atoms with van der Waals surface area (Å²) in [4.78, 5) is 27.2. The topological polar surface area (TPSA) is 90.1 Å². The molecular formula is C18H15BrN4O3S. The molecule has 0 atom stereocenters. The number of nitrogens with zero attached hydrogens (tertiary/aromatic N) is 3. The van der Waals surface area contributed by atoms with Crippen LogP contribution >= 0.6 is 27.7 Å². The van der Waals surface area contributed by atoms with Crippen molar-refractivity contribution in [2.75, 3.05) is 11.1 Å². The number of halogens is 1. The molecule has 1 heterocycles. The van der Waals surface area contributed by atoms with E-state index in [4.69, 9.17) is 0 Å². The van der Waals surface area contributed by atoms with Gasteiger partial charge in [0.2, 0.25) is 5.91 Å². The van der Waals surface area contributed by atoms with Gasteiger partial charge >= 0.3 is 0 Å². The van der Waals surface area contributed by atoms with E-state index in [1.54, 1.807) is 25.3 Å². The molecule has 1 aromatic heterocycles. The van der Waals surface area contributed by atoms with Gasteiger partial charge in [0.25, 0.3) is 5.69 Å². The Morgan fingerprint density at radius 1 is 1.30 bits per heavy atom. The lowest BCUT2D eigenvalue weighted by Crippen LogP contribution is -2.15. The molecule has 3 rings (SSSR count). The first-order chi connectivity index (χ1) is 12.9. The molecule has 1 N–H and O–H groups in total. The number of anilines is 1. The van der Waals surface area contributed by atoms with Crippen LogP contribution in [0.4, 0.5) is 11.4 Å². The fourth-order valence-corrected chi connectivity index (χ4v) is 3.45. The van der Waals surface area contributed by atoms with Gasteiger partial charge in [0.05, 0.1) is 10.7 Å². The van der Waals surface area contributed by atoms with Crippen molar-refractivity contribution in [2.24, 2.45) is 0 Å². The third-order valence-electron chi connectivity index (χ3n) is 3.67. The normalized spacial score (nSPS) is 10.6. The molecule has 0 bridgehead atoms. The number of hydrogen-bond donors (Lipinski definition) is 1. The SMILES string of the molecule is Cc1ccc(NC(=O)CSc2nccn2-c2ccc(Br)cc2)c([N+](=O)[O-])c1. The fourth-order valence-electron chi connectivity index (χ4n) is 2.41. The van der Waals surface area contributed by atoms with E-state index in [-0.39, 0.29) is 23.0 Å². The Morgan fingerprint density at radius 2 is 2.04 bits per heavy atom. The number of aromatic nitrogens is 2. The summed E-state index contributed by atoms with van der Waals surface area (Å²) < 4.78 is 2.85. The summed E-state index contributed by atoms with van der Waals surface area (Å²) in [7, 11) is 0. The smallest absolute Gasteiger partial charge is 0.293 e. The number of imidazole rings is 1. The first kappa shape index (κ1) is 19.1. The number of nitrogens with one attached hydrogen (secondary N) is 1. The minimum atomic E-state index is -0.504. The zero-order valence-corrected chi connectivity index (χ0v) is 16.7. The maximum Gasteiger partial charge on any atom is 0.293 e. The monoisotopic (exact) mass is 446 g/mol. The number of carbonyl (C=O) groups is 1. The second-order valence-electron chi connectivity index (χ2n) is 5.67. The lowest BCUT2D eigenvalue weighted by Gasteiger charge is -2.09. The third-order valence-corrected chi connectivity index (χ3v) is 5.16. The van der Waals surface area contributed by atoms with Crippen LogP contribution in [0.15, 0.2) is 64.5 Å². The van der Waals surface area contributed by atoms with Crippen LogP contribution < -0.4 is 5.32 Å². The van der Waals surface area contributed by atoms with Gasteiger partial charge in [0.15, 0.2) is 5.16 Å². The average molecular weight is 447 g/mol. The lowest BCUT2D eigenvalue weighted by atomic mass is 10.2. The van der Waals surface area contributed by atoms with Crippen LogP contribution in [-0.2, 0) is 4.79 Å². The molecule has 7 nitrogen and oxygen atoms in total. The Morgan fingerprint density at radius 3 is 2.74 bits per heavy atom. The standard InChI is InChI=1S/C18H15BrN4O3S/c1-12-2-7-15(16(10-12)23(25)26)21-17(24)11-27-18-20-8-9-22(18)14-5-3-13(19)4-6-14/h2-10H,11H2,1H3,(H,21,24). The highest BCUT2D eigenvalue weighted by molar-refractivity contribution is 9.10. The van der Waals surface area contributed by atoms with Crippen LogP contribution in [0.2, 0.25) is 0 Å². The summed E-state index contributed by atoms with van der Waals surface area (Å²) in [6, 6.07) is 12.4. The molecule has 0 aliphatic carbocycles. The zero-order valence-electron chi connectivity index (χ0n) is 14.3. The maximum absolute atomic E-state index is 12.3. The predicted molar refractivity (Wildman–Crippen MR) is 108 cm³/mol. The molecule has 2 aromatic carbocycles. The molecule has 0 aliphatic heterocycles. The molecule has 0 unspecified atom stereocenters. The van der Waals surface area contributed by atoms with Crippen molar-refractivity contribution < 1.29 is 9.72 Å². The molecule has 27 heavy (non-hydrogen) atoms. The summed E-state index contributed by atoms with van der Waals surface area (Å²) in [5.74, 6) is -0.254. The summed E-state index contributed by atoms with van der Waals surface area (Å²) in [5, 5.41) is 14.4. The molecule has 9 heteroatoms. The largest absolute Gasteiger partial charge is 0.320 e. The molecule has 0 saturated carbocycles. The molecular weight excluding hydrogens is 432 g/mol. The fraction of sp³-hybridized carbons (Fsp3) is 0.111. The van der Waals surface area contributed by atoms with Gasteiger partial charge in [-0.25, -0.2) is 4.98 Å². The second-order valence-corrected chi connectivity index (χ2v) is 7.53. The van der Waals surface area contributed by atoms with Crippen LogP contribution in [0.3, 0.4) is 0 Å². The Kier molecular flexibility index (Phi) is 5.92. The quantitative estimate of drug-likeness (QED) is 0.339. The number of aryl methyl sites for hydroxylation is 1. The van der Waals surface area contributed by atoms with Gasteiger partial charge in [-0.15, -0.1) is 0 Å². The first-order valence-electron chi connectivity index (χ1n) is 7.91. The van der Waals surface area contributed by atoms with Gasteiger partial charge in [0.1, 0.15) is 5.69 Å². The molecule has 0 saturated heterocycles. The number of rotatable bonds is 6. The summed E-state index contributed by atoms with van der Waals surface area (Å²) in [6.07, 6.45) is 3.47. The number of hydrogen-bond acceptors (Lipinski definition) is 5. The van der Waals surface area contributed by atoms with E-state index >= 15 is 0 Å². The van der Waals surface area contributed by atoms with Crippen molar-refractivity contribution in [3.8, 4) is 5.69 Å². The summed E-state index contributed by atoms with van der Waals surface area (Å²) in [6.45, 7) is 1.76. The van der Waals surface area contributed by atoms with Crippen molar-refractivity contribution in [1.29, 1.82) is 0 Å². The number of amides is 1. The van der Waals surface area contributed by atoms with Crippen molar-refractivity contribution in [3.63, 3.8) is 0 Å². The van der Waals surface area contributed by atoms with Crippen LogP contribution in [0.1, 0.15) is 5.56 Å². The van der Waals surface area contributed by atoms with Crippen molar-refractivity contribution in [3.05, 3.63) is 75.0 Å². The molecule has 0 aliphatic rings. The number of thioether (sulfide) groups is 1. The van der Waals surface area contributed by atoms with E-state index in [0.717, 1.165) is 15.7 Å². The minimum absolute atomic E-state index is 0.0819. The van der Waals surface area contributed by atoms with E-state index in [2.05, 4.69) is 26.2 Å². The molecule has 0 spiro atoms. The van der Waals surface area contributed by atoms with E-state index in [0.29, 0.717) is 5.16 Å². The van der Waals surface area contributed by atoms with Gasteiger partial charge < -0.3 is 5.32 Å². The predicted octanol–water partition coefficient (Wildman–Crippen LogP) is 4.58. The van der Waals surface area contributed by atoms with Gasteiger partial charge in [-0.05, 0) is 42.8 Å². The average Bonchev–Trinajstić information content (AvgIpc) is 3.10. The van der Waals surface area contributed by atoms with Gasteiger partial charge in [-0.1, -0.05) is 33.8 Å². The van der Waals surface area contributed by atoms with E-state index in [1.807, 2.05) is 35.0 Å². The van der Waals surface area contributed by atoms with Crippen LogP contribution in [-0.4, -0.2) is 26.1 Å². The highest BCUT2D eigenvalue weighted by atomic mass is 79.9. The first-order valence-corrected chi connectivity index (χ1v) is 9.69. The third kappa shape index (κ3) is 4.75. The molecule has 0 fully saturated rings. The molecule has 3 aromatic rings. The highest BCUT2D eigenvalue weighted by Crippen LogP contribution is 2.26. The minimum Gasteiger partial charge on any atom is -0.320 e. The summed E-state index contributed by atoms with van der Waals surface area (Å²) in [5.41, 5.74) is 1.75. The highest BCUT2D eigenvalue weighted by Gasteiger charge is 2.16. The van der Waals surface area contributed by atoms with Crippen LogP contribution in [0.5, 0.6) is 0 Å². The summed E-state index contributed by atoms with van der Waals surface area (Å²) >= 11 is 4.65. The Bertz CT molecular complexity index is 989. The van der Waals surface area contributed by atoms with Crippen molar-refractivity contribution in [2.45, 2.75) is 12.1 Å². The van der Waals surface area contributed by atoms with Gasteiger partial charge in [0, 0.05) is 28.6 Å². The Hall–Kier alpha value is -2.65. The van der Waals surface area contributed by atoms with Crippen molar-refractivity contribution in [1.82, 2.24) is 9.55 Å². The van der Waals surface area contributed by atoms with Gasteiger partial charge in [-0.2, -0.15) is 0 Å². The van der Waals surface area contributed by atoms with Crippen molar-refractivity contribution >= 4 is 45.0 Å². The van der Waals surface area contributed by atoms with E-state index < -0.39 is 4.92 Å². The van der Waals surface area contributed by atoms with Crippen LogP contribution in [0, 0.1) is 17.0 Å². The number of benzene rings is 2. The number of nitro benzene ring substituents is 1. The lowest BCUT2D eigenvalue weighted by molar-refractivity contribution is -0.384. The zero-order chi connectivity index (χ0) is 19.4. The Balaban J connectivity index is 1.68. The van der Waals surface area contributed by atoms with Crippen LogP contribution in [0.25, 0.3) is 5.69 Å². The maximum atomic E-state index is 12.3. The molecule has 1 amide bonds. The molecule has 138 valence electrons. The number of nitro groups is 1. The second kappa shape index (κ2) is 8.36. The Labute approximate surface area is 168 Å².